The summed E-state index contributed by atoms with van der Waals surface area (Å²) in [4.78, 5) is 0. The van der Waals surface area contributed by atoms with Crippen LogP contribution in [0.5, 0.6) is 0 Å². The molecule has 19 heavy (non-hydrogen) atoms. The van der Waals surface area contributed by atoms with Gasteiger partial charge in [-0.1, -0.05) is 28.1 Å². The first-order chi connectivity index (χ1) is 8.97. The fraction of sp³-hybridized carbons (Fsp3) is 0.200. The lowest BCUT2D eigenvalue weighted by molar-refractivity contribution is 0.620. The second-order valence-electron chi connectivity index (χ2n) is 4.52. The van der Waals surface area contributed by atoms with E-state index < -0.39 is 0 Å². The quantitative estimate of drug-likeness (QED) is 0.725. The standard InChI is InChI=1S/C15H14Br2FN/c1-9-3-4-11(6-12(9)16)8-19-15-7-13(17)14(18)5-10(15)2/h3-7,19H,8H2,1-2H3. The highest BCUT2D eigenvalue weighted by molar-refractivity contribution is 9.10. The first kappa shape index (κ1) is 14.5. The molecule has 0 amide bonds. The van der Waals surface area contributed by atoms with Gasteiger partial charge in [-0.15, -0.1) is 0 Å². The van der Waals surface area contributed by atoms with Crippen LogP contribution in [0.3, 0.4) is 0 Å². The molecule has 2 aromatic carbocycles. The van der Waals surface area contributed by atoms with E-state index in [0.717, 1.165) is 15.7 Å². The highest BCUT2D eigenvalue weighted by Crippen LogP contribution is 2.25. The van der Waals surface area contributed by atoms with Crippen molar-refractivity contribution in [3.8, 4) is 0 Å². The van der Waals surface area contributed by atoms with Gasteiger partial charge in [0.15, 0.2) is 0 Å². The number of halogens is 3. The molecule has 0 aliphatic carbocycles. The Labute approximate surface area is 129 Å². The molecule has 0 heterocycles. The van der Waals surface area contributed by atoms with Crippen molar-refractivity contribution < 1.29 is 4.39 Å². The van der Waals surface area contributed by atoms with Gasteiger partial charge in [-0.05, 0) is 64.7 Å². The molecule has 2 aromatic rings. The summed E-state index contributed by atoms with van der Waals surface area (Å²) < 4.78 is 14.9. The van der Waals surface area contributed by atoms with Gasteiger partial charge in [0, 0.05) is 16.7 Å². The van der Waals surface area contributed by atoms with Crippen molar-refractivity contribution in [3.63, 3.8) is 0 Å². The fourth-order valence-corrected chi connectivity index (χ4v) is 2.55. The van der Waals surface area contributed by atoms with E-state index in [1.165, 1.54) is 17.2 Å². The van der Waals surface area contributed by atoms with E-state index in [1.807, 2.05) is 6.92 Å². The van der Waals surface area contributed by atoms with E-state index >= 15 is 0 Å². The first-order valence-corrected chi connectivity index (χ1v) is 7.50. The van der Waals surface area contributed by atoms with Crippen molar-refractivity contribution in [3.05, 3.63) is 61.8 Å². The number of hydrogen-bond acceptors (Lipinski definition) is 1. The van der Waals surface area contributed by atoms with Crippen molar-refractivity contribution in [2.75, 3.05) is 5.32 Å². The van der Waals surface area contributed by atoms with Gasteiger partial charge < -0.3 is 5.32 Å². The predicted octanol–water partition coefficient (Wildman–Crippen LogP) is 5.58. The monoisotopic (exact) mass is 385 g/mol. The number of rotatable bonds is 3. The van der Waals surface area contributed by atoms with Crippen LogP contribution in [-0.2, 0) is 6.54 Å². The first-order valence-electron chi connectivity index (χ1n) is 5.92. The molecule has 0 atom stereocenters. The predicted molar refractivity (Wildman–Crippen MR) is 85.0 cm³/mol. The highest BCUT2D eigenvalue weighted by atomic mass is 79.9. The second kappa shape index (κ2) is 6.06. The molecule has 4 heteroatoms. The van der Waals surface area contributed by atoms with Crippen molar-refractivity contribution in [1.82, 2.24) is 0 Å². The van der Waals surface area contributed by atoms with Gasteiger partial charge in [0.2, 0.25) is 0 Å². The summed E-state index contributed by atoms with van der Waals surface area (Å²) in [5.41, 5.74) is 4.22. The van der Waals surface area contributed by atoms with Gasteiger partial charge >= 0.3 is 0 Å². The van der Waals surface area contributed by atoms with Crippen LogP contribution in [0.1, 0.15) is 16.7 Å². The van der Waals surface area contributed by atoms with Gasteiger partial charge in [-0.3, -0.25) is 0 Å². The lowest BCUT2D eigenvalue weighted by Gasteiger charge is -2.11. The van der Waals surface area contributed by atoms with Crippen LogP contribution in [0.25, 0.3) is 0 Å². The molecule has 0 unspecified atom stereocenters. The Bertz CT molecular complexity index is 611. The zero-order chi connectivity index (χ0) is 14.0. The van der Waals surface area contributed by atoms with Crippen molar-refractivity contribution >= 4 is 37.5 Å². The largest absolute Gasteiger partial charge is 0.381 e. The summed E-state index contributed by atoms with van der Waals surface area (Å²) in [6.07, 6.45) is 0. The number of nitrogens with one attached hydrogen (secondary N) is 1. The van der Waals surface area contributed by atoms with Gasteiger partial charge in [-0.2, -0.15) is 0 Å². The van der Waals surface area contributed by atoms with Crippen LogP contribution < -0.4 is 5.32 Å². The summed E-state index contributed by atoms with van der Waals surface area (Å²) >= 11 is 6.73. The maximum absolute atomic E-state index is 13.3. The molecule has 0 aromatic heterocycles. The van der Waals surface area contributed by atoms with Gasteiger partial charge in [0.05, 0.1) is 4.47 Å². The molecule has 0 spiro atoms. The summed E-state index contributed by atoms with van der Waals surface area (Å²) in [5.74, 6) is -0.235. The Morgan fingerprint density at radius 2 is 1.74 bits per heavy atom. The Kier molecular flexibility index (Phi) is 4.63. The number of anilines is 1. The minimum absolute atomic E-state index is 0.235. The molecule has 1 nitrogen and oxygen atoms in total. The molecule has 0 bridgehead atoms. The van der Waals surface area contributed by atoms with Gasteiger partial charge in [0.1, 0.15) is 5.82 Å². The van der Waals surface area contributed by atoms with E-state index in [-0.39, 0.29) is 5.82 Å². The molecule has 0 aliphatic heterocycles. The van der Waals surface area contributed by atoms with Crippen LogP contribution >= 0.6 is 31.9 Å². The van der Waals surface area contributed by atoms with Crippen LogP contribution in [0.15, 0.2) is 39.3 Å². The Balaban J connectivity index is 2.14. The summed E-state index contributed by atoms with van der Waals surface area (Å²) in [5, 5.41) is 3.33. The zero-order valence-corrected chi connectivity index (χ0v) is 13.9. The molecular formula is C15H14Br2FN. The average molecular weight is 387 g/mol. The highest BCUT2D eigenvalue weighted by Gasteiger charge is 2.05. The molecule has 0 aliphatic rings. The molecule has 1 N–H and O–H groups in total. The molecule has 0 radical (unpaired) electrons. The summed E-state index contributed by atoms with van der Waals surface area (Å²) in [6, 6.07) is 9.55. The smallest absolute Gasteiger partial charge is 0.137 e. The Morgan fingerprint density at radius 1 is 1.00 bits per heavy atom. The number of benzene rings is 2. The molecule has 100 valence electrons. The van der Waals surface area contributed by atoms with Crippen molar-refractivity contribution in [2.24, 2.45) is 0 Å². The minimum atomic E-state index is -0.235. The Hall–Kier alpha value is -0.870. The van der Waals surface area contributed by atoms with Crippen LogP contribution in [0, 0.1) is 19.7 Å². The van der Waals surface area contributed by atoms with E-state index in [2.05, 4.69) is 62.3 Å². The third-order valence-electron chi connectivity index (χ3n) is 2.99. The SMILES string of the molecule is Cc1ccc(CNc2cc(Br)c(F)cc2C)cc1Br. The third-order valence-corrected chi connectivity index (χ3v) is 4.45. The normalized spacial score (nSPS) is 10.6. The van der Waals surface area contributed by atoms with Gasteiger partial charge in [-0.25, -0.2) is 4.39 Å². The molecule has 2 rings (SSSR count). The minimum Gasteiger partial charge on any atom is -0.381 e. The molecule has 0 saturated carbocycles. The van der Waals surface area contributed by atoms with E-state index in [1.54, 1.807) is 6.07 Å². The van der Waals surface area contributed by atoms with E-state index in [9.17, 15) is 4.39 Å². The maximum atomic E-state index is 13.3. The molecule has 0 saturated heterocycles. The van der Waals surface area contributed by atoms with Crippen molar-refractivity contribution in [2.45, 2.75) is 20.4 Å². The van der Waals surface area contributed by atoms with Gasteiger partial charge in [0.25, 0.3) is 0 Å². The topological polar surface area (TPSA) is 12.0 Å². The lowest BCUT2D eigenvalue weighted by atomic mass is 10.1. The second-order valence-corrected chi connectivity index (χ2v) is 6.23. The fourth-order valence-electron chi connectivity index (χ4n) is 1.78. The average Bonchev–Trinajstić information content (AvgIpc) is 2.36. The number of aryl methyl sites for hydroxylation is 2. The van der Waals surface area contributed by atoms with E-state index in [4.69, 9.17) is 0 Å². The maximum Gasteiger partial charge on any atom is 0.137 e. The lowest BCUT2D eigenvalue weighted by Crippen LogP contribution is -2.02. The van der Waals surface area contributed by atoms with Crippen LogP contribution in [0.4, 0.5) is 10.1 Å². The third kappa shape index (κ3) is 3.57. The van der Waals surface area contributed by atoms with Crippen LogP contribution in [-0.4, -0.2) is 0 Å². The van der Waals surface area contributed by atoms with E-state index in [0.29, 0.717) is 11.0 Å². The summed E-state index contributed by atoms with van der Waals surface area (Å²) in [6.45, 7) is 4.66. The molecular weight excluding hydrogens is 373 g/mol. The zero-order valence-electron chi connectivity index (χ0n) is 10.7. The van der Waals surface area contributed by atoms with Crippen LogP contribution in [0.2, 0.25) is 0 Å². The number of hydrogen-bond donors (Lipinski definition) is 1. The summed E-state index contributed by atoms with van der Waals surface area (Å²) in [7, 11) is 0. The van der Waals surface area contributed by atoms with Crippen molar-refractivity contribution in [1.29, 1.82) is 0 Å². The Morgan fingerprint density at radius 3 is 2.42 bits per heavy atom. The molecule has 0 fully saturated rings.